The predicted molar refractivity (Wildman–Crippen MR) is 111 cm³/mol. The van der Waals surface area contributed by atoms with E-state index in [0.29, 0.717) is 11.4 Å². The number of benzene rings is 2. The molecular formula is C22H28N2O4. The van der Waals surface area contributed by atoms with Gasteiger partial charge in [0.15, 0.2) is 0 Å². The van der Waals surface area contributed by atoms with E-state index in [1.807, 2.05) is 19.1 Å². The third-order valence-electron chi connectivity index (χ3n) is 3.97. The molecule has 0 fully saturated rings. The lowest BCUT2D eigenvalue weighted by Crippen LogP contribution is -2.02. The minimum atomic E-state index is -0.980. The van der Waals surface area contributed by atoms with E-state index >= 15 is 0 Å². The van der Waals surface area contributed by atoms with Crippen LogP contribution in [0.5, 0.6) is 5.75 Å². The summed E-state index contributed by atoms with van der Waals surface area (Å²) in [5, 5.41) is 8.61. The number of aromatic carboxylic acids is 1. The largest absolute Gasteiger partial charge is 0.494 e. The monoisotopic (exact) mass is 384 g/mol. The molecule has 2 aromatic rings. The van der Waals surface area contributed by atoms with Crippen LogP contribution in [0.25, 0.3) is 0 Å². The number of unbranched alkanes of at least 4 members (excludes halogenated alkanes) is 4. The molecule has 0 saturated heterocycles. The number of rotatable bonds is 9. The van der Waals surface area contributed by atoms with Gasteiger partial charge in [0.2, 0.25) is 6.08 Å². The molecule has 0 atom stereocenters. The van der Waals surface area contributed by atoms with Crippen LogP contribution in [0.2, 0.25) is 0 Å². The van der Waals surface area contributed by atoms with Crippen molar-refractivity contribution in [2.45, 2.75) is 46.0 Å². The highest BCUT2D eigenvalue weighted by Gasteiger charge is 2.06. The Labute approximate surface area is 166 Å². The summed E-state index contributed by atoms with van der Waals surface area (Å²) in [5.41, 5.74) is 7.40. The smallest absolute Gasteiger partial charge is 0.337 e. The molecule has 3 N–H and O–H groups in total. The number of isocyanates is 1. The van der Waals surface area contributed by atoms with Gasteiger partial charge in [-0.2, -0.15) is 4.99 Å². The zero-order chi connectivity index (χ0) is 20.8. The van der Waals surface area contributed by atoms with Crippen molar-refractivity contribution in [3.8, 4) is 5.75 Å². The normalized spacial score (nSPS) is 9.64. The minimum Gasteiger partial charge on any atom is -0.494 e. The van der Waals surface area contributed by atoms with Crippen molar-refractivity contribution in [3.63, 3.8) is 0 Å². The van der Waals surface area contributed by atoms with Gasteiger partial charge in [-0.05, 0) is 49.7 Å². The van der Waals surface area contributed by atoms with Crippen molar-refractivity contribution >= 4 is 23.4 Å². The fourth-order valence-corrected chi connectivity index (χ4v) is 2.42. The molecule has 6 heteroatoms. The Kier molecular flexibility index (Phi) is 10.7. The number of carbonyl (C=O) groups excluding carboxylic acids is 1. The lowest BCUT2D eigenvalue weighted by molar-refractivity contribution is 0.0698. The van der Waals surface area contributed by atoms with Crippen LogP contribution in [-0.2, 0) is 4.79 Å². The predicted octanol–water partition coefficient (Wildman–Crippen LogP) is 5.28. The van der Waals surface area contributed by atoms with Gasteiger partial charge in [-0.3, -0.25) is 0 Å². The van der Waals surface area contributed by atoms with Gasteiger partial charge in [0.05, 0.1) is 17.9 Å². The lowest BCUT2D eigenvalue weighted by Gasteiger charge is -2.05. The number of nitrogens with two attached hydrogens (primary N) is 1. The third kappa shape index (κ3) is 9.01. The molecule has 0 heterocycles. The number of carboxylic acids is 1. The van der Waals surface area contributed by atoms with E-state index < -0.39 is 5.97 Å². The number of aliphatic imine (C=N–C) groups is 1. The SMILES string of the molecule is CCCCCCCOc1ccc(N=C=O)cc1.Cc1ccc(N)c(C(=O)O)c1. The lowest BCUT2D eigenvalue weighted by atomic mass is 10.1. The Morgan fingerprint density at radius 3 is 2.36 bits per heavy atom. The van der Waals surface area contributed by atoms with Crippen LogP contribution in [0.15, 0.2) is 47.5 Å². The van der Waals surface area contributed by atoms with E-state index in [9.17, 15) is 9.59 Å². The summed E-state index contributed by atoms with van der Waals surface area (Å²) in [6.07, 6.45) is 7.68. The Balaban J connectivity index is 0.000000307. The van der Waals surface area contributed by atoms with E-state index in [4.69, 9.17) is 15.6 Å². The molecule has 2 rings (SSSR count). The molecule has 0 bridgehead atoms. The van der Waals surface area contributed by atoms with Crippen LogP contribution in [0.1, 0.15) is 54.9 Å². The maximum Gasteiger partial charge on any atom is 0.337 e. The molecular weight excluding hydrogens is 356 g/mol. The van der Waals surface area contributed by atoms with E-state index in [1.54, 1.807) is 30.3 Å². The van der Waals surface area contributed by atoms with Gasteiger partial charge in [-0.1, -0.05) is 44.2 Å². The van der Waals surface area contributed by atoms with E-state index in [-0.39, 0.29) is 5.56 Å². The van der Waals surface area contributed by atoms with Gasteiger partial charge >= 0.3 is 5.97 Å². The van der Waals surface area contributed by atoms with E-state index in [1.165, 1.54) is 31.8 Å². The molecule has 0 unspecified atom stereocenters. The number of hydrogen-bond donors (Lipinski definition) is 2. The fourth-order valence-electron chi connectivity index (χ4n) is 2.42. The quantitative estimate of drug-likeness (QED) is 0.265. The van der Waals surface area contributed by atoms with Crippen molar-refractivity contribution < 1.29 is 19.4 Å². The number of hydrogen-bond acceptors (Lipinski definition) is 5. The number of anilines is 1. The summed E-state index contributed by atoms with van der Waals surface area (Å²) < 4.78 is 5.58. The van der Waals surface area contributed by atoms with Crippen molar-refractivity contribution in [2.24, 2.45) is 4.99 Å². The van der Waals surface area contributed by atoms with Crippen LogP contribution < -0.4 is 10.5 Å². The first-order valence-corrected chi connectivity index (χ1v) is 9.38. The number of ether oxygens (including phenoxy) is 1. The highest BCUT2D eigenvalue weighted by Crippen LogP contribution is 2.18. The van der Waals surface area contributed by atoms with Gasteiger partial charge in [0.25, 0.3) is 0 Å². The summed E-state index contributed by atoms with van der Waals surface area (Å²) in [6, 6.07) is 12.1. The van der Waals surface area contributed by atoms with Crippen molar-refractivity contribution in [1.29, 1.82) is 0 Å². The summed E-state index contributed by atoms with van der Waals surface area (Å²) in [4.78, 5) is 24.0. The number of nitrogen functional groups attached to an aromatic ring is 1. The maximum atomic E-state index is 10.5. The molecule has 6 nitrogen and oxygen atoms in total. The summed E-state index contributed by atoms with van der Waals surface area (Å²) in [5.74, 6) is -0.156. The highest BCUT2D eigenvalue weighted by atomic mass is 16.5. The summed E-state index contributed by atoms with van der Waals surface area (Å²) in [7, 11) is 0. The molecule has 150 valence electrons. The topological polar surface area (TPSA) is 102 Å². The van der Waals surface area contributed by atoms with Crippen LogP contribution in [0.4, 0.5) is 11.4 Å². The third-order valence-corrected chi connectivity index (χ3v) is 3.97. The highest BCUT2D eigenvalue weighted by molar-refractivity contribution is 5.93. The second-order valence-electron chi connectivity index (χ2n) is 6.36. The number of nitrogens with zero attached hydrogens (tertiary/aromatic N) is 1. The maximum absolute atomic E-state index is 10.5. The average molecular weight is 384 g/mol. The first kappa shape index (κ1) is 22.9. The second kappa shape index (κ2) is 13.1. The Morgan fingerprint density at radius 2 is 1.79 bits per heavy atom. The van der Waals surface area contributed by atoms with Gasteiger partial charge in [0, 0.05) is 5.69 Å². The summed E-state index contributed by atoms with van der Waals surface area (Å²) in [6.45, 7) is 4.78. The Morgan fingerprint density at radius 1 is 1.11 bits per heavy atom. The van der Waals surface area contributed by atoms with Gasteiger partial charge in [0.1, 0.15) is 5.75 Å². The van der Waals surface area contributed by atoms with Crippen molar-refractivity contribution in [2.75, 3.05) is 12.3 Å². The van der Waals surface area contributed by atoms with Crippen LogP contribution >= 0.6 is 0 Å². The molecule has 0 aliphatic rings. The van der Waals surface area contributed by atoms with Crippen LogP contribution in [0.3, 0.4) is 0 Å². The molecule has 0 amide bonds. The summed E-state index contributed by atoms with van der Waals surface area (Å²) >= 11 is 0. The molecule has 0 aliphatic carbocycles. The fraction of sp³-hybridized carbons (Fsp3) is 0.364. The van der Waals surface area contributed by atoms with Gasteiger partial charge < -0.3 is 15.6 Å². The molecule has 0 saturated carbocycles. The zero-order valence-corrected chi connectivity index (χ0v) is 16.5. The average Bonchev–Trinajstić information content (AvgIpc) is 2.68. The standard InChI is InChI=1S/C14H19NO2.C8H9NO2/c1-2-3-4-5-6-11-17-14-9-7-13(8-10-14)15-12-16;1-5-2-3-7(9)6(4-5)8(10)11/h7-10H,2-6,11H2,1H3;2-4H,9H2,1H3,(H,10,11). The van der Waals surface area contributed by atoms with E-state index in [2.05, 4.69) is 11.9 Å². The van der Waals surface area contributed by atoms with Crippen molar-refractivity contribution in [1.82, 2.24) is 0 Å². The second-order valence-corrected chi connectivity index (χ2v) is 6.36. The molecule has 0 aliphatic heterocycles. The van der Waals surface area contributed by atoms with Gasteiger partial charge in [-0.15, -0.1) is 0 Å². The van der Waals surface area contributed by atoms with Crippen LogP contribution in [0, 0.1) is 6.92 Å². The first-order chi connectivity index (χ1) is 13.5. The number of carboxylic acid groups (broad SMARTS) is 1. The zero-order valence-electron chi connectivity index (χ0n) is 16.5. The number of carbonyl (C=O) groups is 1. The van der Waals surface area contributed by atoms with Crippen molar-refractivity contribution in [3.05, 3.63) is 53.6 Å². The Bertz CT molecular complexity index is 782. The molecule has 0 spiro atoms. The molecule has 28 heavy (non-hydrogen) atoms. The first-order valence-electron chi connectivity index (χ1n) is 9.38. The minimum absolute atomic E-state index is 0.171. The van der Waals surface area contributed by atoms with E-state index in [0.717, 1.165) is 24.3 Å². The van der Waals surface area contributed by atoms with Gasteiger partial charge in [-0.25, -0.2) is 9.59 Å². The molecule has 0 radical (unpaired) electrons. The molecule has 2 aromatic carbocycles. The Hall–Kier alpha value is -3.11. The number of aryl methyl sites for hydroxylation is 1. The molecule has 0 aromatic heterocycles. The van der Waals surface area contributed by atoms with Crippen LogP contribution in [-0.4, -0.2) is 23.8 Å².